The summed E-state index contributed by atoms with van der Waals surface area (Å²) in [5.74, 6) is 0. The molecule has 0 spiro atoms. The van der Waals surface area contributed by atoms with Crippen LogP contribution in [0.5, 0.6) is 0 Å². The van der Waals surface area contributed by atoms with E-state index in [1.165, 1.54) is 57.8 Å². The summed E-state index contributed by atoms with van der Waals surface area (Å²) >= 11 is 0. The van der Waals surface area contributed by atoms with Crippen LogP contribution >= 0.6 is 0 Å². The molecule has 0 bridgehead atoms. The lowest BCUT2D eigenvalue weighted by Crippen LogP contribution is -1.90. The molecule has 0 radical (unpaired) electrons. The van der Waals surface area contributed by atoms with Crippen molar-refractivity contribution in [2.45, 2.75) is 78.1 Å². The molecule has 0 amide bonds. The van der Waals surface area contributed by atoms with Crippen LogP contribution < -0.4 is 0 Å². The van der Waals surface area contributed by atoms with Gasteiger partial charge in [-0.3, -0.25) is 0 Å². The number of nitrogens with zero attached hydrogens (tertiary/aromatic N) is 1. The molecule has 0 heterocycles. The zero-order valence-electron chi connectivity index (χ0n) is 10.5. The van der Waals surface area contributed by atoms with E-state index in [2.05, 4.69) is 12.1 Å². The Labute approximate surface area is 94.8 Å². The van der Waals surface area contributed by atoms with Crippen molar-refractivity contribution >= 4 is 5.71 Å². The molecule has 0 saturated carbocycles. The van der Waals surface area contributed by atoms with Gasteiger partial charge in [0.2, 0.25) is 0 Å². The maximum Gasteiger partial charge on any atom is 0.0540 e. The third-order valence-corrected chi connectivity index (χ3v) is 2.81. The van der Waals surface area contributed by atoms with Crippen LogP contribution in [-0.4, -0.2) is 10.9 Å². The zero-order chi connectivity index (χ0) is 11.4. The van der Waals surface area contributed by atoms with Crippen molar-refractivity contribution in [3.05, 3.63) is 0 Å². The van der Waals surface area contributed by atoms with Gasteiger partial charge in [0.15, 0.2) is 0 Å². The van der Waals surface area contributed by atoms with E-state index >= 15 is 0 Å². The summed E-state index contributed by atoms with van der Waals surface area (Å²) in [6.07, 6.45) is 13.1. The molecule has 1 N–H and O–H groups in total. The van der Waals surface area contributed by atoms with Crippen molar-refractivity contribution in [1.82, 2.24) is 0 Å². The zero-order valence-corrected chi connectivity index (χ0v) is 10.5. The fourth-order valence-corrected chi connectivity index (χ4v) is 1.74. The van der Waals surface area contributed by atoms with E-state index in [0.29, 0.717) is 0 Å². The molecule has 0 aliphatic rings. The highest BCUT2D eigenvalue weighted by Gasteiger charge is 1.94. The standard InChI is InChI=1S/C13H27NO/c1-3-4-5-6-7-8-9-10-11-12-13(2)14-15/h15H,3-12H2,1-2H3. The van der Waals surface area contributed by atoms with Crippen LogP contribution in [-0.2, 0) is 0 Å². The molecule has 0 saturated heterocycles. The summed E-state index contributed by atoms with van der Waals surface area (Å²) in [5.41, 5.74) is 0.859. The lowest BCUT2D eigenvalue weighted by Gasteiger charge is -2.01. The first-order valence-electron chi connectivity index (χ1n) is 6.48. The summed E-state index contributed by atoms with van der Waals surface area (Å²) < 4.78 is 0. The molecular formula is C13H27NO. The molecule has 0 rings (SSSR count). The van der Waals surface area contributed by atoms with Gasteiger partial charge in [-0.2, -0.15) is 0 Å². The van der Waals surface area contributed by atoms with Gasteiger partial charge in [0.25, 0.3) is 0 Å². The lowest BCUT2D eigenvalue weighted by molar-refractivity contribution is 0.317. The predicted molar refractivity (Wildman–Crippen MR) is 66.7 cm³/mol. The van der Waals surface area contributed by atoms with Crippen molar-refractivity contribution < 1.29 is 5.21 Å². The van der Waals surface area contributed by atoms with E-state index in [0.717, 1.165) is 12.1 Å². The normalized spacial score (nSPS) is 12.0. The molecule has 0 fully saturated rings. The monoisotopic (exact) mass is 213 g/mol. The van der Waals surface area contributed by atoms with Crippen LogP contribution in [0.1, 0.15) is 78.1 Å². The summed E-state index contributed by atoms with van der Waals surface area (Å²) in [6.45, 7) is 4.13. The van der Waals surface area contributed by atoms with Crippen LogP contribution in [0, 0.1) is 0 Å². The van der Waals surface area contributed by atoms with Gasteiger partial charge in [-0.25, -0.2) is 0 Å². The number of rotatable bonds is 10. The van der Waals surface area contributed by atoms with Crippen molar-refractivity contribution in [2.75, 3.05) is 0 Å². The highest BCUT2D eigenvalue weighted by atomic mass is 16.4. The van der Waals surface area contributed by atoms with E-state index in [9.17, 15) is 0 Å². The van der Waals surface area contributed by atoms with Gasteiger partial charge in [-0.15, -0.1) is 0 Å². The molecule has 15 heavy (non-hydrogen) atoms. The minimum absolute atomic E-state index is 0.859. The van der Waals surface area contributed by atoms with Gasteiger partial charge in [-0.1, -0.05) is 63.4 Å². The largest absolute Gasteiger partial charge is 0.411 e. The third-order valence-electron chi connectivity index (χ3n) is 2.81. The van der Waals surface area contributed by atoms with Crippen LogP contribution in [0.3, 0.4) is 0 Å². The van der Waals surface area contributed by atoms with Crippen LogP contribution in [0.4, 0.5) is 0 Å². The number of hydrogen-bond donors (Lipinski definition) is 1. The Balaban J connectivity index is 2.99. The van der Waals surface area contributed by atoms with Crippen LogP contribution in [0.2, 0.25) is 0 Å². The minimum atomic E-state index is 0.859. The molecule has 0 aromatic heterocycles. The molecule has 0 aliphatic heterocycles. The van der Waals surface area contributed by atoms with Gasteiger partial charge < -0.3 is 5.21 Å². The SMILES string of the molecule is CCCCCCCCCCCC(C)=NO. The van der Waals surface area contributed by atoms with Crippen LogP contribution in [0.25, 0.3) is 0 Å². The second kappa shape index (κ2) is 11.5. The van der Waals surface area contributed by atoms with E-state index in [1.807, 2.05) is 6.92 Å². The van der Waals surface area contributed by atoms with E-state index < -0.39 is 0 Å². The topological polar surface area (TPSA) is 32.6 Å². The van der Waals surface area contributed by atoms with Crippen molar-refractivity contribution in [3.8, 4) is 0 Å². The van der Waals surface area contributed by atoms with Crippen molar-refractivity contribution in [2.24, 2.45) is 5.16 Å². The molecule has 0 aromatic carbocycles. The van der Waals surface area contributed by atoms with E-state index in [1.54, 1.807) is 0 Å². The first-order chi connectivity index (χ1) is 7.31. The average Bonchev–Trinajstić information content (AvgIpc) is 2.26. The Morgan fingerprint density at radius 2 is 1.33 bits per heavy atom. The smallest absolute Gasteiger partial charge is 0.0540 e. The second-order valence-corrected chi connectivity index (χ2v) is 4.41. The quantitative estimate of drug-likeness (QED) is 0.241. The van der Waals surface area contributed by atoms with Crippen molar-refractivity contribution in [1.29, 1.82) is 0 Å². The fraction of sp³-hybridized carbons (Fsp3) is 0.923. The Bertz CT molecular complexity index is 155. The fourth-order valence-electron chi connectivity index (χ4n) is 1.74. The third kappa shape index (κ3) is 11.4. The first kappa shape index (κ1) is 14.5. The Morgan fingerprint density at radius 1 is 0.867 bits per heavy atom. The van der Waals surface area contributed by atoms with Gasteiger partial charge >= 0.3 is 0 Å². The van der Waals surface area contributed by atoms with Gasteiger partial charge in [0.05, 0.1) is 5.71 Å². The van der Waals surface area contributed by atoms with Gasteiger partial charge in [0, 0.05) is 0 Å². The minimum Gasteiger partial charge on any atom is -0.411 e. The Hall–Kier alpha value is -0.530. The molecular weight excluding hydrogens is 186 g/mol. The molecule has 0 aromatic rings. The highest BCUT2D eigenvalue weighted by Crippen LogP contribution is 2.10. The molecule has 90 valence electrons. The summed E-state index contributed by atoms with van der Waals surface area (Å²) in [5, 5.41) is 11.6. The van der Waals surface area contributed by atoms with Crippen LogP contribution in [0.15, 0.2) is 5.16 Å². The van der Waals surface area contributed by atoms with E-state index in [-0.39, 0.29) is 0 Å². The predicted octanol–water partition coefficient (Wildman–Crippen LogP) is 4.76. The van der Waals surface area contributed by atoms with Gasteiger partial charge in [-0.05, 0) is 19.8 Å². The second-order valence-electron chi connectivity index (χ2n) is 4.41. The van der Waals surface area contributed by atoms with Crippen molar-refractivity contribution in [3.63, 3.8) is 0 Å². The summed E-state index contributed by atoms with van der Waals surface area (Å²) in [6, 6.07) is 0. The Kier molecular flexibility index (Phi) is 11.1. The average molecular weight is 213 g/mol. The molecule has 0 unspecified atom stereocenters. The summed E-state index contributed by atoms with van der Waals surface area (Å²) in [7, 11) is 0. The number of hydrogen-bond acceptors (Lipinski definition) is 2. The highest BCUT2D eigenvalue weighted by molar-refractivity contribution is 5.81. The first-order valence-corrected chi connectivity index (χ1v) is 6.48. The number of unbranched alkanes of at least 4 members (excludes halogenated alkanes) is 8. The number of oxime groups is 1. The summed E-state index contributed by atoms with van der Waals surface area (Å²) in [4.78, 5) is 0. The molecule has 2 heteroatoms. The molecule has 0 atom stereocenters. The molecule has 2 nitrogen and oxygen atoms in total. The molecule has 0 aliphatic carbocycles. The lowest BCUT2D eigenvalue weighted by atomic mass is 10.1. The van der Waals surface area contributed by atoms with Gasteiger partial charge in [0.1, 0.15) is 0 Å². The Morgan fingerprint density at radius 3 is 1.80 bits per heavy atom. The van der Waals surface area contributed by atoms with E-state index in [4.69, 9.17) is 5.21 Å². The maximum absolute atomic E-state index is 8.45. The maximum atomic E-state index is 8.45.